The number of hydrogen-bond donors (Lipinski definition) is 2. The Morgan fingerprint density at radius 2 is 1.75 bits per heavy atom. The third-order valence-corrected chi connectivity index (χ3v) is 4.44. The van der Waals surface area contributed by atoms with E-state index in [4.69, 9.17) is 12.2 Å². The first-order valence-electron chi connectivity index (χ1n) is 8.57. The number of aromatic nitrogens is 2. The zero-order valence-electron chi connectivity index (χ0n) is 15.3. The molecule has 3 rings (SSSR count). The van der Waals surface area contributed by atoms with Gasteiger partial charge in [-0.25, -0.2) is 0 Å². The van der Waals surface area contributed by atoms with Crippen molar-refractivity contribution in [3.63, 3.8) is 0 Å². The summed E-state index contributed by atoms with van der Waals surface area (Å²) in [5.41, 5.74) is 2.94. The second-order valence-corrected chi connectivity index (χ2v) is 6.76. The number of thiocarbonyl (C=S) groups is 1. The van der Waals surface area contributed by atoms with E-state index in [0.717, 1.165) is 29.2 Å². The molecule has 0 unspecified atom stereocenters. The van der Waals surface area contributed by atoms with Crippen LogP contribution in [0.2, 0.25) is 0 Å². The Labute approximate surface area is 166 Å². The first-order valence-corrected chi connectivity index (χ1v) is 8.98. The summed E-state index contributed by atoms with van der Waals surface area (Å²) in [7, 11) is 0. The van der Waals surface area contributed by atoms with Gasteiger partial charge in [-0.2, -0.15) is 18.3 Å². The quantitative estimate of drug-likeness (QED) is 0.573. The molecule has 1 heterocycles. The van der Waals surface area contributed by atoms with Gasteiger partial charge in [0, 0.05) is 5.69 Å². The van der Waals surface area contributed by atoms with E-state index in [2.05, 4.69) is 15.7 Å². The van der Waals surface area contributed by atoms with Gasteiger partial charge in [0.05, 0.1) is 29.2 Å². The van der Waals surface area contributed by atoms with Gasteiger partial charge in [0.25, 0.3) is 0 Å². The van der Waals surface area contributed by atoms with Crippen LogP contribution in [-0.4, -0.2) is 14.9 Å². The van der Waals surface area contributed by atoms with Crippen molar-refractivity contribution < 1.29 is 13.2 Å². The third kappa shape index (κ3) is 4.69. The number of rotatable bonds is 4. The molecular weight excluding hydrogens is 385 g/mol. The second-order valence-electron chi connectivity index (χ2n) is 6.35. The number of hydrogen-bond acceptors (Lipinski definition) is 2. The van der Waals surface area contributed by atoms with Crippen LogP contribution in [0.1, 0.15) is 22.5 Å². The first kappa shape index (κ1) is 19.9. The van der Waals surface area contributed by atoms with Crippen LogP contribution >= 0.6 is 12.2 Å². The number of anilines is 2. The lowest BCUT2D eigenvalue weighted by atomic mass is 10.1. The Bertz CT molecular complexity index is 981. The monoisotopic (exact) mass is 404 g/mol. The number of alkyl halides is 3. The van der Waals surface area contributed by atoms with E-state index >= 15 is 0 Å². The summed E-state index contributed by atoms with van der Waals surface area (Å²) >= 11 is 5.35. The molecule has 0 amide bonds. The molecule has 4 nitrogen and oxygen atoms in total. The van der Waals surface area contributed by atoms with E-state index in [9.17, 15) is 13.2 Å². The van der Waals surface area contributed by atoms with Gasteiger partial charge in [-0.3, -0.25) is 4.68 Å². The molecule has 28 heavy (non-hydrogen) atoms. The number of benzene rings is 2. The molecule has 0 bridgehead atoms. The number of para-hydroxylation sites is 1. The summed E-state index contributed by atoms with van der Waals surface area (Å²) in [5.74, 6) is 0. The van der Waals surface area contributed by atoms with Gasteiger partial charge in [0.1, 0.15) is 0 Å². The van der Waals surface area contributed by atoms with Crippen molar-refractivity contribution in [2.75, 3.05) is 10.6 Å². The highest BCUT2D eigenvalue weighted by Crippen LogP contribution is 2.30. The summed E-state index contributed by atoms with van der Waals surface area (Å²) < 4.78 is 40.4. The fourth-order valence-electron chi connectivity index (χ4n) is 2.85. The molecule has 0 aliphatic rings. The van der Waals surface area contributed by atoms with Gasteiger partial charge >= 0.3 is 6.18 Å². The van der Waals surface area contributed by atoms with Gasteiger partial charge in [-0.05, 0) is 55.9 Å². The molecule has 0 fully saturated rings. The van der Waals surface area contributed by atoms with Crippen LogP contribution in [0.25, 0.3) is 0 Å². The maximum Gasteiger partial charge on any atom is 0.416 e. The van der Waals surface area contributed by atoms with Gasteiger partial charge in [0.15, 0.2) is 5.11 Å². The number of nitrogens with one attached hydrogen (secondary N) is 2. The topological polar surface area (TPSA) is 41.9 Å². The van der Waals surface area contributed by atoms with Crippen molar-refractivity contribution in [3.8, 4) is 0 Å². The molecule has 0 saturated heterocycles. The predicted octanol–water partition coefficient (Wildman–Crippen LogP) is 5.38. The van der Waals surface area contributed by atoms with Crippen LogP contribution < -0.4 is 10.6 Å². The lowest BCUT2D eigenvalue weighted by Crippen LogP contribution is -2.19. The molecule has 0 saturated carbocycles. The molecule has 3 aromatic rings. The highest BCUT2D eigenvalue weighted by Gasteiger charge is 2.30. The Balaban J connectivity index is 1.76. The second kappa shape index (κ2) is 8.02. The van der Waals surface area contributed by atoms with Gasteiger partial charge in [0.2, 0.25) is 0 Å². The molecule has 0 spiro atoms. The molecule has 2 aromatic carbocycles. The molecule has 146 valence electrons. The van der Waals surface area contributed by atoms with Crippen molar-refractivity contribution in [2.45, 2.75) is 26.6 Å². The molecule has 0 aliphatic heterocycles. The van der Waals surface area contributed by atoms with Crippen molar-refractivity contribution in [2.24, 2.45) is 0 Å². The molecule has 1 aromatic heterocycles. The number of aryl methyl sites for hydroxylation is 1. The third-order valence-electron chi connectivity index (χ3n) is 4.24. The number of nitrogens with zero attached hydrogens (tertiary/aromatic N) is 2. The molecule has 0 radical (unpaired) electrons. The zero-order chi connectivity index (χ0) is 20.3. The number of halogens is 3. The largest absolute Gasteiger partial charge is 0.416 e. The highest BCUT2D eigenvalue weighted by molar-refractivity contribution is 7.80. The lowest BCUT2D eigenvalue weighted by Gasteiger charge is -2.12. The Morgan fingerprint density at radius 1 is 1.04 bits per heavy atom. The molecule has 2 N–H and O–H groups in total. The SMILES string of the molecule is Cc1nn(Cc2cccc(C(F)(F)F)c2)c(C)c1NC(=S)Nc1ccccc1. The van der Waals surface area contributed by atoms with E-state index in [0.29, 0.717) is 16.4 Å². The zero-order valence-corrected chi connectivity index (χ0v) is 16.2. The maximum absolute atomic E-state index is 12.9. The van der Waals surface area contributed by atoms with Crippen LogP contribution in [0.5, 0.6) is 0 Å². The summed E-state index contributed by atoms with van der Waals surface area (Å²) in [6.07, 6.45) is -4.37. The minimum absolute atomic E-state index is 0.233. The minimum Gasteiger partial charge on any atom is -0.332 e. The smallest absolute Gasteiger partial charge is 0.332 e. The van der Waals surface area contributed by atoms with Crippen LogP contribution in [0, 0.1) is 13.8 Å². The molecule has 0 aliphatic carbocycles. The average Bonchev–Trinajstić information content (AvgIpc) is 2.89. The van der Waals surface area contributed by atoms with Crippen LogP contribution in [-0.2, 0) is 12.7 Å². The molecule has 8 heteroatoms. The van der Waals surface area contributed by atoms with Crippen molar-refractivity contribution in [3.05, 3.63) is 77.1 Å². The summed E-state index contributed by atoms with van der Waals surface area (Å²) in [6.45, 7) is 3.90. The fourth-order valence-corrected chi connectivity index (χ4v) is 3.07. The van der Waals surface area contributed by atoms with Crippen molar-refractivity contribution in [1.82, 2.24) is 9.78 Å². The predicted molar refractivity (Wildman–Crippen MR) is 109 cm³/mol. The highest BCUT2D eigenvalue weighted by atomic mass is 32.1. The normalized spacial score (nSPS) is 11.3. The Hall–Kier alpha value is -2.87. The van der Waals surface area contributed by atoms with E-state index in [1.165, 1.54) is 6.07 Å². The molecule has 0 atom stereocenters. The van der Waals surface area contributed by atoms with Crippen molar-refractivity contribution in [1.29, 1.82) is 0 Å². The van der Waals surface area contributed by atoms with E-state index in [-0.39, 0.29) is 6.54 Å². The fraction of sp³-hybridized carbons (Fsp3) is 0.200. The van der Waals surface area contributed by atoms with E-state index < -0.39 is 11.7 Å². The van der Waals surface area contributed by atoms with Crippen molar-refractivity contribution >= 4 is 28.7 Å². The van der Waals surface area contributed by atoms with Crippen LogP contribution in [0.4, 0.5) is 24.5 Å². The van der Waals surface area contributed by atoms with Gasteiger partial charge in [-0.1, -0.05) is 30.3 Å². The van der Waals surface area contributed by atoms with E-state index in [1.807, 2.05) is 44.2 Å². The standard InChI is InChI=1S/C20H19F3N4S/c1-13-18(25-19(28)24-17-9-4-3-5-10-17)14(2)27(26-13)12-15-7-6-8-16(11-15)20(21,22)23/h3-11H,12H2,1-2H3,(H2,24,25,28). The van der Waals surface area contributed by atoms with Gasteiger partial charge < -0.3 is 10.6 Å². The Kier molecular flexibility index (Phi) is 5.69. The van der Waals surface area contributed by atoms with Crippen LogP contribution in [0.3, 0.4) is 0 Å². The lowest BCUT2D eigenvalue weighted by molar-refractivity contribution is -0.137. The average molecular weight is 404 g/mol. The maximum atomic E-state index is 12.9. The van der Waals surface area contributed by atoms with Crippen LogP contribution in [0.15, 0.2) is 54.6 Å². The molecular formula is C20H19F3N4S. The summed E-state index contributed by atoms with van der Waals surface area (Å²) in [4.78, 5) is 0. The summed E-state index contributed by atoms with van der Waals surface area (Å²) in [5, 5.41) is 11.1. The summed E-state index contributed by atoms with van der Waals surface area (Å²) in [6, 6.07) is 14.8. The minimum atomic E-state index is -4.37. The van der Waals surface area contributed by atoms with Gasteiger partial charge in [-0.15, -0.1) is 0 Å². The Morgan fingerprint density at radius 3 is 2.43 bits per heavy atom. The van der Waals surface area contributed by atoms with E-state index in [1.54, 1.807) is 10.7 Å². The first-order chi connectivity index (χ1) is 13.2.